The molecule has 5 heteroatoms. The van der Waals surface area contributed by atoms with Crippen molar-refractivity contribution in [1.29, 1.82) is 0 Å². The van der Waals surface area contributed by atoms with Crippen LogP contribution in [-0.2, 0) is 6.54 Å². The summed E-state index contributed by atoms with van der Waals surface area (Å²) in [6, 6.07) is 7.03. The van der Waals surface area contributed by atoms with Gasteiger partial charge in [-0.2, -0.15) is 0 Å². The van der Waals surface area contributed by atoms with Gasteiger partial charge in [0.1, 0.15) is 0 Å². The second-order valence-corrected chi connectivity index (χ2v) is 5.46. The molecule has 0 saturated heterocycles. The molecular formula is C15H16Cl2N2O. The highest BCUT2D eigenvalue weighted by Gasteiger charge is 2.12. The summed E-state index contributed by atoms with van der Waals surface area (Å²) in [6.07, 6.45) is 2.89. The first-order valence-corrected chi connectivity index (χ1v) is 7.06. The van der Waals surface area contributed by atoms with Crippen LogP contribution in [0.2, 0.25) is 10.0 Å². The molecule has 3 nitrogen and oxygen atoms in total. The average molecular weight is 311 g/mol. The molecule has 106 valence electrons. The molecule has 0 radical (unpaired) electrons. The van der Waals surface area contributed by atoms with Crippen LogP contribution < -0.4 is 5.32 Å². The topological polar surface area (TPSA) is 45.2 Å². The Morgan fingerprint density at radius 3 is 2.85 bits per heavy atom. The maximum absolute atomic E-state index is 10.2. The minimum absolute atomic E-state index is 0.397. The third-order valence-corrected chi connectivity index (χ3v) is 3.70. The van der Waals surface area contributed by atoms with Gasteiger partial charge in [0.05, 0.1) is 6.10 Å². The number of benzene rings is 1. The van der Waals surface area contributed by atoms with Crippen molar-refractivity contribution in [1.82, 2.24) is 10.3 Å². The molecule has 0 aliphatic heterocycles. The molecule has 0 aliphatic carbocycles. The van der Waals surface area contributed by atoms with Gasteiger partial charge in [0.2, 0.25) is 0 Å². The van der Waals surface area contributed by atoms with Crippen LogP contribution in [0.5, 0.6) is 0 Å². The van der Waals surface area contributed by atoms with Gasteiger partial charge in [0.25, 0.3) is 0 Å². The molecule has 2 rings (SSSR count). The standard InChI is InChI=1S/C15H16Cl2N2O/c1-10-4-5-18-7-11(10)8-19-9-15(20)13-6-12(16)2-3-14(13)17/h2-7,15,19-20H,8-9H2,1H3. The lowest BCUT2D eigenvalue weighted by Crippen LogP contribution is -2.21. The van der Waals surface area contributed by atoms with Crippen molar-refractivity contribution in [3.8, 4) is 0 Å². The van der Waals surface area contributed by atoms with Crippen LogP contribution in [0.1, 0.15) is 22.8 Å². The molecule has 1 heterocycles. The minimum atomic E-state index is -0.696. The smallest absolute Gasteiger partial charge is 0.0929 e. The van der Waals surface area contributed by atoms with Crippen molar-refractivity contribution >= 4 is 23.2 Å². The second kappa shape index (κ2) is 7.04. The SMILES string of the molecule is Cc1ccncc1CNCC(O)c1cc(Cl)ccc1Cl. The third kappa shape index (κ3) is 3.93. The van der Waals surface area contributed by atoms with Crippen LogP contribution in [0.25, 0.3) is 0 Å². The molecule has 2 N–H and O–H groups in total. The lowest BCUT2D eigenvalue weighted by molar-refractivity contribution is 0.174. The molecule has 0 bridgehead atoms. The van der Waals surface area contributed by atoms with Crippen molar-refractivity contribution in [3.63, 3.8) is 0 Å². The van der Waals surface area contributed by atoms with E-state index in [9.17, 15) is 5.11 Å². The molecule has 1 aromatic heterocycles. The summed E-state index contributed by atoms with van der Waals surface area (Å²) >= 11 is 12.0. The summed E-state index contributed by atoms with van der Waals surface area (Å²) in [7, 11) is 0. The first-order valence-electron chi connectivity index (χ1n) is 6.31. The van der Waals surface area contributed by atoms with E-state index in [0.717, 1.165) is 5.56 Å². The van der Waals surface area contributed by atoms with E-state index in [1.807, 2.05) is 19.2 Å². The van der Waals surface area contributed by atoms with Gasteiger partial charge in [-0.05, 0) is 42.3 Å². The summed E-state index contributed by atoms with van der Waals surface area (Å²) in [5.41, 5.74) is 2.91. The molecule has 20 heavy (non-hydrogen) atoms. The van der Waals surface area contributed by atoms with E-state index in [4.69, 9.17) is 23.2 Å². The molecule has 1 unspecified atom stereocenters. The molecular weight excluding hydrogens is 295 g/mol. The number of nitrogens with one attached hydrogen (secondary N) is 1. The molecule has 1 atom stereocenters. The molecule has 0 amide bonds. The molecule has 0 aliphatic rings. The van der Waals surface area contributed by atoms with E-state index in [2.05, 4.69) is 10.3 Å². The normalized spacial score (nSPS) is 12.4. The Hall–Kier alpha value is -1.13. The van der Waals surface area contributed by atoms with Crippen LogP contribution in [0.4, 0.5) is 0 Å². The number of aromatic nitrogens is 1. The number of nitrogens with zero attached hydrogens (tertiary/aromatic N) is 1. The maximum Gasteiger partial charge on any atom is 0.0929 e. The highest BCUT2D eigenvalue weighted by Crippen LogP contribution is 2.26. The Labute approximate surface area is 128 Å². The van der Waals surface area contributed by atoms with Gasteiger partial charge in [-0.1, -0.05) is 23.2 Å². The molecule has 0 saturated carbocycles. The number of aryl methyl sites for hydroxylation is 1. The zero-order valence-electron chi connectivity index (χ0n) is 11.1. The predicted octanol–water partition coefficient (Wildman–Crippen LogP) is 3.52. The summed E-state index contributed by atoms with van der Waals surface area (Å²) in [5.74, 6) is 0. The lowest BCUT2D eigenvalue weighted by Gasteiger charge is -2.14. The Balaban J connectivity index is 1.94. The minimum Gasteiger partial charge on any atom is -0.387 e. The Bertz CT molecular complexity index is 590. The van der Waals surface area contributed by atoms with Gasteiger partial charge >= 0.3 is 0 Å². The predicted molar refractivity (Wildman–Crippen MR) is 82.1 cm³/mol. The number of halogens is 2. The number of hydrogen-bond acceptors (Lipinski definition) is 3. The number of aliphatic hydroxyl groups excluding tert-OH is 1. The third-order valence-electron chi connectivity index (χ3n) is 3.12. The summed E-state index contributed by atoms with van der Waals surface area (Å²) in [5, 5.41) is 14.4. The van der Waals surface area contributed by atoms with E-state index in [1.165, 1.54) is 5.56 Å². The Kier molecular flexibility index (Phi) is 5.38. The van der Waals surface area contributed by atoms with Crippen LogP contribution in [0, 0.1) is 6.92 Å². The number of pyridine rings is 1. The van der Waals surface area contributed by atoms with E-state index in [1.54, 1.807) is 24.4 Å². The van der Waals surface area contributed by atoms with Crippen LogP contribution in [0.3, 0.4) is 0 Å². The van der Waals surface area contributed by atoms with Gasteiger partial charge in [0.15, 0.2) is 0 Å². The van der Waals surface area contributed by atoms with Crippen molar-refractivity contribution in [2.45, 2.75) is 19.6 Å². The quantitative estimate of drug-likeness (QED) is 0.888. The Morgan fingerprint density at radius 2 is 2.10 bits per heavy atom. The number of hydrogen-bond donors (Lipinski definition) is 2. The Morgan fingerprint density at radius 1 is 1.30 bits per heavy atom. The number of aliphatic hydroxyl groups is 1. The molecule has 0 spiro atoms. The summed E-state index contributed by atoms with van der Waals surface area (Å²) < 4.78 is 0. The highest BCUT2D eigenvalue weighted by atomic mass is 35.5. The maximum atomic E-state index is 10.2. The summed E-state index contributed by atoms with van der Waals surface area (Å²) in [4.78, 5) is 4.09. The molecule has 2 aromatic rings. The highest BCUT2D eigenvalue weighted by molar-refractivity contribution is 6.33. The summed E-state index contributed by atoms with van der Waals surface area (Å²) in [6.45, 7) is 3.08. The largest absolute Gasteiger partial charge is 0.387 e. The van der Waals surface area contributed by atoms with Gasteiger partial charge in [0, 0.05) is 41.1 Å². The van der Waals surface area contributed by atoms with E-state index >= 15 is 0 Å². The van der Waals surface area contributed by atoms with Crippen molar-refractivity contribution in [3.05, 3.63) is 63.4 Å². The molecule has 0 fully saturated rings. The number of rotatable bonds is 5. The first kappa shape index (κ1) is 15.3. The van der Waals surface area contributed by atoms with Gasteiger partial charge in [-0.25, -0.2) is 0 Å². The van der Waals surface area contributed by atoms with Crippen molar-refractivity contribution < 1.29 is 5.11 Å². The monoisotopic (exact) mass is 310 g/mol. The van der Waals surface area contributed by atoms with E-state index in [0.29, 0.717) is 28.7 Å². The average Bonchev–Trinajstić information content (AvgIpc) is 2.43. The fraction of sp³-hybridized carbons (Fsp3) is 0.267. The zero-order chi connectivity index (χ0) is 14.5. The zero-order valence-corrected chi connectivity index (χ0v) is 12.6. The van der Waals surface area contributed by atoms with Gasteiger partial charge in [-0.3, -0.25) is 4.98 Å². The molecule has 1 aromatic carbocycles. The van der Waals surface area contributed by atoms with Crippen LogP contribution in [0.15, 0.2) is 36.7 Å². The fourth-order valence-electron chi connectivity index (χ4n) is 1.91. The van der Waals surface area contributed by atoms with Crippen molar-refractivity contribution in [2.24, 2.45) is 0 Å². The first-order chi connectivity index (χ1) is 9.58. The van der Waals surface area contributed by atoms with E-state index < -0.39 is 6.10 Å². The van der Waals surface area contributed by atoms with Crippen LogP contribution >= 0.6 is 23.2 Å². The van der Waals surface area contributed by atoms with E-state index in [-0.39, 0.29) is 0 Å². The fourth-order valence-corrected chi connectivity index (χ4v) is 2.33. The van der Waals surface area contributed by atoms with Crippen molar-refractivity contribution in [2.75, 3.05) is 6.54 Å². The second-order valence-electron chi connectivity index (χ2n) is 4.61. The van der Waals surface area contributed by atoms with Gasteiger partial charge < -0.3 is 10.4 Å². The lowest BCUT2D eigenvalue weighted by atomic mass is 10.1. The van der Waals surface area contributed by atoms with Crippen LogP contribution in [-0.4, -0.2) is 16.6 Å². The van der Waals surface area contributed by atoms with Gasteiger partial charge in [-0.15, -0.1) is 0 Å².